The van der Waals surface area contributed by atoms with E-state index in [-0.39, 0.29) is 36.9 Å². The number of likely N-dealkylation sites (N-methyl/N-ethyl adjacent to an activating group) is 1. The first-order chi connectivity index (χ1) is 15.6. The number of carbonyl (C=O) groups excluding carboxylic acids is 2. The molecule has 2 amide bonds. The highest BCUT2D eigenvalue weighted by Crippen LogP contribution is 2.44. The summed E-state index contributed by atoms with van der Waals surface area (Å²) in [6, 6.07) is 16.2. The summed E-state index contributed by atoms with van der Waals surface area (Å²) in [6.45, 7) is 5.88. The summed E-state index contributed by atoms with van der Waals surface area (Å²) < 4.78 is 5.56. The van der Waals surface area contributed by atoms with Crippen LogP contribution in [0.5, 0.6) is 0 Å². The Hall–Kier alpha value is -3.35. The second-order valence-electron chi connectivity index (χ2n) is 9.76. The zero-order valence-electron chi connectivity index (χ0n) is 19.6. The number of alkyl carbamates (subject to hydrolysis) is 1. The van der Waals surface area contributed by atoms with E-state index in [0.717, 1.165) is 22.3 Å². The molecule has 7 heteroatoms. The minimum Gasteiger partial charge on any atom is -0.480 e. The number of carbonyl (C=O) groups is 3. The van der Waals surface area contributed by atoms with Crippen LogP contribution in [0, 0.1) is 11.3 Å². The molecule has 1 aliphatic carbocycles. The number of benzene rings is 2. The molecule has 176 valence electrons. The summed E-state index contributed by atoms with van der Waals surface area (Å²) in [5, 5.41) is 11.7. The first kappa shape index (κ1) is 24.3. The Morgan fingerprint density at radius 2 is 1.58 bits per heavy atom. The summed E-state index contributed by atoms with van der Waals surface area (Å²) in [4.78, 5) is 37.5. The van der Waals surface area contributed by atoms with E-state index in [2.05, 4.69) is 29.6 Å². The Labute approximate surface area is 194 Å². The summed E-state index contributed by atoms with van der Waals surface area (Å²) in [5.74, 6) is -1.98. The predicted octanol–water partition coefficient (Wildman–Crippen LogP) is 4.12. The second-order valence-corrected chi connectivity index (χ2v) is 9.76. The van der Waals surface area contributed by atoms with Crippen LogP contribution in [0.2, 0.25) is 0 Å². The molecule has 1 unspecified atom stereocenters. The van der Waals surface area contributed by atoms with Crippen molar-refractivity contribution in [2.45, 2.75) is 33.1 Å². The topological polar surface area (TPSA) is 95.9 Å². The molecule has 2 N–H and O–H groups in total. The van der Waals surface area contributed by atoms with E-state index >= 15 is 0 Å². The van der Waals surface area contributed by atoms with Crippen LogP contribution < -0.4 is 5.32 Å². The molecule has 3 rings (SSSR count). The number of rotatable bonds is 8. The molecule has 1 atom stereocenters. The molecular weight excluding hydrogens is 420 g/mol. The van der Waals surface area contributed by atoms with Crippen molar-refractivity contribution in [3.8, 4) is 11.1 Å². The molecule has 0 radical (unpaired) electrons. The quantitative estimate of drug-likeness (QED) is 0.628. The summed E-state index contributed by atoms with van der Waals surface area (Å²) >= 11 is 0. The third kappa shape index (κ3) is 6.12. The molecule has 0 bridgehead atoms. The van der Waals surface area contributed by atoms with Gasteiger partial charge in [-0.3, -0.25) is 9.59 Å². The maximum Gasteiger partial charge on any atom is 0.407 e. The molecule has 0 saturated heterocycles. The fourth-order valence-electron chi connectivity index (χ4n) is 4.43. The maximum absolute atomic E-state index is 12.8. The number of hydrogen-bond acceptors (Lipinski definition) is 4. The van der Waals surface area contributed by atoms with Gasteiger partial charge in [-0.05, 0) is 34.1 Å². The van der Waals surface area contributed by atoms with Gasteiger partial charge in [-0.2, -0.15) is 0 Å². The SMILES string of the molecule is CN(CC(=O)O)C(=O)C(CNC(=O)OCC1c2ccccc2-c2ccccc21)CC(C)(C)C. The van der Waals surface area contributed by atoms with E-state index in [4.69, 9.17) is 9.84 Å². The number of hydrogen-bond donors (Lipinski definition) is 2. The highest BCUT2D eigenvalue weighted by Gasteiger charge is 2.31. The third-order valence-electron chi connectivity index (χ3n) is 5.79. The summed E-state index contributed by atoms with van der Waals surface area (Å²) in [7, 11) is 1.46. The van der Waals surface area contributed by atoms with Crippen molar-refractivity contribution < 1.29 is 24.2 Å². The fourth-order valence-corrected chi connectivity index (χ4v) is 4.43. The van der Waals surface area contributed by atoms with E-state index in [9.17, 15) is 14.4 Å². The Balaban J connectivity index is 1.62. The van der Waals surface area contributed by atoms with Crippen molar-refractivity contribution in [3.05, 3.63) is 59.7 Å². The number of ether oxygens (including phenoxy) is 1. The van der Waals surface area contributed by atoms with Crippen LogP contribution in [0.4, 0.5) is 4.79 Å². The van der Waals surface area contributed by atoms with E-state index < -0.39 is 18.0 Å². The molecule has 2 aromatic carbocycles. The Bertz CT molecular complexity index is 982. The maximum atomic E-state index is 12.8. The molecule has 0 fully saturated rings. The minimum atomic E-state index is -1.08. The zero-order valence-corrected chi connectivity index (χ0v) is 19.6. The molecule has 7 nitrogen and oxygen atoms in total. The van der Waals surface area contributed by atoms with Gasteiger partial charge in [-0.15, -0.1) is 0 Å². The molecule has 33 heavy (non-hydrogen) atoms. The van der Waals surface area contributed by atoms with Gasteiger partial charge in [0.1, 0.15) is 13.2 Å². The zero-order chi connectivity index (χ0) is 24.2. The average molecular weight is 453 g/mol. The van der Waals surface area contributed by atoms with Crippen LogP contribution in [0.1, 0.15) is 44.2 Å². The lowest BCUT2D eigenvalue weighted by Crippen LogP contribution is -2.43. The van der Waals surface area contributed by atoms with Crippen LogP contribution in [-0.2, 0) is 14.3 Å². The minimum absolute atomic E-state index is 0.0446. The van der Waals surface area contributed by atoms with Gasteiger partial charge in [0, 0.05) is 19.5 Å². The number of nitrogens with one attached hydrogen (secondary N) is 1. The van der Waals surface area contributed by atoms with Gasteiger partial charge in [0.2, 0.25) is 5.91 Å². The normalized spacial score (nSPS) is 13.6. The first-order valence-corrected chi connectivity index (χ1v) is 11.1. The van der Waals surface area contributed by atoms with Gasteiger partial charge >= 0.3 is 12.1 Å². The van der Waals surface area contributed by atoms with Crippen LogP contribution >= 0.6 is 0 Å². The molecule has 2 aromatic rings. The van der Waals surface area contributed by atoms with Crippen molar-refractivity contribution >= 4 is 18.0 Å². The number of aliphatic carboxylic acids is 1. The van der Waals surface area contributed by atoms with Crippen molar-refractivity contribution in [1.82, 2.24) is 10.2 Å². The monoisotopic (exact) mass is 452 g/mol. The van der Waals surface area contributed by atoms with E-state index in [1.54, 1.807) is 0 Å². The number of nitrogens with zero attached hydrogens (tertiary/aromatic N) is 1. The lowest BCUT2D eigenvalue weighted by molar-refractivity contribution is -0.145. The van der Waals surface area contributed by atoms with Gasteiger partial charge in [0.25, 0.3) is 0 Å². The number of carboxylic acid groups (broad SMARTS) is 1. The summed E-state index contributed by atoms with van der Waals surface area (Å²) in [6.07, 6.45) is -0.0936. The van der Waals surface area contributed by atoms with Crippen molar-refractivity contribution in [2.24, 2.45) is 11.3 Å². The summed E-state index contributed by atoms with van der Waals surface area (Å²) in [5.41, 5.74) is 4.39. The standard InChI is InChI=1S/C26H32N2O5/c1-26(2,3)13-17(24(31)28(4)15-23(29)30)14-27-25(32)33-16-22-20-11-7-5-9-18(20)19-10-6-8-12-21(19)22/h5-12,17,22H,13-16H2,1-4H3,(H,27,32)(H,29,30). The molecule has 0 aromatic heterocycles. The smallest absolute Gasteiger partial charge is 0.407 e. The van der Waals surface area contributed by atoms with E-state index in [1.165, 1.54) is 11.9 Å². The molecule has 0 saturated carbocycles. The van der Waals surface area contributed by atoms with Gasteiger partial charge < -0.3 is 20.1 Å². The highest BCUT2D eigenvalue weighted by molar-refractivity contribution is 5.83. The van der Waals surface area contributed by atoms with Crippen LogP contribution in [-0.4, -0.2) is 54.7 Å². The van der Waals surface area contributed by atoms with Crippen molar-refractivity contribution in [2.75, 3.05) is 26.7 Å². The van der Waals surface area contributed by atoms with Gasteiger partial charge in [-0.25, -0.2) is 4.79 Å². The molecular formula is C26H32N2O5. The highest BCUT2D eigenvalue weighted by atomic mass is 16.5. The average Bonchev–Trinajstić information content (AvgIpc) is 3.07. The van der Waals surface area contributed by atoms with Gasteiger partial charge in [0.05, 0.1) is 5.92 Å². The van der Waals surface area contributed by atoms with Gasteiger partial charge in [-0.1, -0.05) is 69.3 Å². The van der Waals surface area contributed by atoms with E-state index in [0.29, 0.717) is 6.42 Å². The van der Waals surface area contributed by atoms with E-state index in [1.807, 2.05) is 45.0 Å². The molecule has 0 heterocycles. The fraction of sp³-hybridized carbons (Fsp3) is 0.423. The lowest BCUT2D eigenvalue weighted by Gasteiger charge is -2.28. The second kappa shape index (κ2) is 10.1. The Kier molecular flexibility index (Phi) is 7.41. The lowest BCUT2D eigenvalue weighted by atomic mass is 9.84. The third-order valence-corrected chi connectivity index (χ3v) is 5.79. The number of fused-ring (bicyclic) bond motifs is 3. The van der Waals surface area contributed by atoms with Crippen molar-refractivity contribution in [3.63, 3.8) is 0 Å². The van der Waals surface area contributed by atoms with Crippen LogP contribution in [0.3, 0.4) is 0 Å². The Morgan fingerprint density at radius 1 is 1.03 bits per heavy atom. The van der Waals surface area contributed by atoms with Crippen LogP contribution in [0.15, 0.2) is 48.5 Å². The molecule has 0 aliphatic heterocycles. The number of amides is 2. The first-order valence-electron chi connectivity index (χ1n) is 11.1. The van der Waals surface area contributed by atoms with Crippen molar-refractivity contribution in [1.29, 1.82) is 0 Å². The molecule has 0 spiro atoms. The largest absolute Gasteiger partial charge is 0.480 e. The predicted molar refractivity (Wildman–Crippen MR) is 126 cm³/mol. The number of carboxylic acids is 1. The Morgan fingerprint density at radius 3 is 2.09 bits per heavy atom. The van der Waals surface area contributed by atoms with Gasteiger partial charge in [0.15, 0.2) is 0 Å². The van der Waals surface area contributed by atoms with Crippen LogP contribution in [0.25, 0.3) is 11.1 Å². The molecule has 1 aliphatic rings.